The second kappa shape index (κ2) is 8.03. The summed E-state index contributed by atoms with van der Waals surface area (Å²) in [5, 5.41) is 5.76. The molecule has 2 N–H and O–H groups in total. The van der Waals surface area contributed by atoms with Crippen molar-refractivity contribution in [3.63, 3.8) is 0 Å². The Kier molecular flexibility index (Phi) is 5.07. The topological polar surface area (TPSA) is 97.0 Å². The monoisotopic (exact) mass is 421 g/mol. The van der Waals surface area contributed by atoms with Crippen LogP contribution in [0, 0.1) is 0 Å². The molecule has 8 heteroatoms. The maximum absolute atomic E-state index is 12.9. The highest BCUT2D eigenvalue weighted by Gasteiger charge is 2.41. The Labute approximate surface area is 179 Å². The molecule has 2 aromatic rings. The molecule has 0 aromatic heterocycles. The highest BCUT2D eigenvalue weighted by molar-refractivity contribution is 6.06. The SMILES string of the molecule is O=C1CCC(N2Cc3c(ccc4c3OC[C@@H](COCc3ccccc3)N4)C2=O)C(=O)N1. The first-order valence-corrected chi connectivity index (χ1v) is 10.4. The summed E-state index contributed by atoms with van der Waals surface area (Å²) in [5.74, 6) is -0.263. The summed E-state index contributed by atoms with van der Waals surface area (Å²) in [5.41, 5.74) is 3.26. The molecule has 2 atom stereocenters. The fourth-order valence-corrected chi connectivity index (χ4v) is 4.32. The molecule has 1 unspecified atom stereocenters. The molecule has 0 aliphatic carbocycles. The molecule has 3 aliphatic rings. The van der Waals surface area contributed by atoms with E-state index >= 15 is 0 Å². The van der Waals surface area contributed by atoms with Crippen molar-refractivity contribution in [2.45, 2.75) is 38.1 Å². The number of amides is 3. The third-order valence-electron chi connectivity index (χ3n) is 5.89. The van der Waals surface area contributed by atoms with Gasteiger partial charge in [0.25, 0.3) is 5.91 Å². The summed E-state index contributed by atoms with van der Waals surface area (Å²) in [6.07, 6.45) is 0.573. The van der Waals surface area contributed by atoms with E-state index in [1.165, 1.54) is 4.90 Å². The van der Waals surface area contributed by atoms with Crippen LogP contribution in [0.15, 0.2) is 42.5 Å². The molecule has 5 rings (SSSR count). The Morgan fingerprint density at radius 1 is 1.10 bits per heavy atom. The smallest absolute Gasteiger partial charge is 0.255 e. The number of nitrogens with one attached hydrogen (secondary N) is 2. The van der Waals surface area contributed by atoms with Crippen molar-refractivity contribution >= 4 is 23.4 Å². The first kappa shape index (κ1) is 19.6. The summed E-state index contributed by atoms with van der Waals surface area (Å²) in [4.78, 5) is 38.1. The van der Waals surface area contributed by atoms with Crippen LogP contribution in [0.25, 0.3) is 0 Å². The van der Waals surface area contributed by atoms with Gasteiger partial charge in [-0.3, -0.25) is 19.7 Å². The van der Waals surface area contributed by atoms with E-state index in [4.69, 9.17) is 9.47 Å². The van der Waals surface area contributed by atoms with Crippen LogP contribution in [0.1, 0.15) is 34.3 Å². The van der Waals surface area contributed by atoms with E-state index < -0.39 is 11.9 Å². The first-order valence-electron chi connectivity index (χ1n) is 10.4. The number of imide groups is 1. The molecular weight excluding hydrogens is 398 g/mol. The Morgan fingerprint density at radius 3 is 2.74 bits per heavy atom. The highest BCUT2D eigenvalue weighted by Crippen LogP contribution is 2.40. The number of rotatable bonds is 5. The van der Waals surface area contributed by atoms with Crippen molar-refractivity contribution < 1.29 is 23.9 Å². The van der Waals surface area contributed by atoms with E-state index in [9.17, 15) is 14.4 Å². The predicted octanol–water partition coefficient (Wildman–Crippen LogP) is 1.84. The lowest BCUT2D eigenvalue weighted by Crippen LogP contribution is -2.52. The van der Waals surface area contributed by atoms with Crippen LogP contribution in [0.2, 0.25) is 0 Å². The lowest BCUT2D eigenvalue weighted by atomic mass is 10.0. The molecule has 8 nitrogen and oxygen atoms in total. The Morgan fingerprint density at radius 2 is 1.94 bits per heavy atom. The molecule has 160 valence electrons. The summed E-state index contributed by atoms with van der Waals surface area (Å²) < 4.78 is 11.9. The second-order valence-electron chi connectivity index (χ2n) is 8.02. The van der Waals surface area contributed by atoms with Gasteiger partial charge in [-0.2, -0.15) is 0 Å². The van der Waals surface area contributed by atoms with Gasteiger partial charge in [0, 0.05) is 17.5 Å². The largest absolute Gasteiger partial charge is 0.489 e. The molecule has 0 radical (unpaired) electrons. The fraction of sp³-hybridized carbons (Fsp3) is 0.348. The lowest BCUT2D eigenvalue weighted by molar-refractivity contribution is -0.136. The zero-order valence-corrected chi connectivity index (χ0v) is 16.9. The van der Waals surface area contributed by atoms with Gasteiger partial charge in [0.05, 0.1) is 31.5 Å². The van der Waals surface area contributed by atoms with E-state index in [1.54, 1.807) is 6.07 Å². The molecule has 3 amide bonds. The van der Waals surface area contributed by atoms with Gasteiger partial charge < -0.3 is 19.7 Å². The van der Waals surface area contributed by atoms with Crippen LogP contribution in [-0.4, -0.2) is 47.9 Å². The summed E-state index contributed by atoms with van der Waals surface area (Å²) >= 11 is 0. The highest BCUT2D eigenvalue weighted by atomic mass is 16.5. The Bertz CT molecular complexity index is 1040. The minimum absolute atomic E-state index is 0.00222. The number of carbonyl (C=O) groups is 3. The summed E-state index contributed by atoms with van der Waals surface area (Å²) in [7, 11) is 0. The summed E-state index contributed by atoms with van der Waals surface area (Å²) in [6.45, 7) is 1.74. The van der Waals surface area contributed by atoms with Crippen molar-refractivity contribution in [3.8, 4) is 5.75 Å². The van der Waals surface area contributed by atoms with Gasteiger partial charge in [0.1, 0.15) is 18.4 Å². The molecule has 0 spiro atoms. The number of anilines is 1. The minimum Gasteiger partial charge on any atom is -0.489 e. The van der Waals surface area contributed by atoms with Gasteiger partial charge in [0.15, 0.2) is 0 Å². The predicted molar refractivity (Wildman–Crippen MR) is 111 cm³/mol. The number of carbonyl (C=O) groups excluding carboxylic acids is 3. The van der Waals surface area contributed by atoms with Crippen molar-refractivity contribution in [1.29, 1.82) is 0 Å². The van der Waals surface area contributed by atoms with Crippen molar-refractivity contribution in [2.24, 2.45) is 0 Å². The molecule has 1 fully saturated rings. The fourth-order valence-electron chi connectivity index (χ4n) is 4.32. The van der Waals surface area contributed by atoms with Gasteiger partial charge in [-0.1, -0.05) is 30.3 Å². The Hall–Kier alpha value is -3.39. The van der Waals surface area contributed by atoms with Crippen LogP contribution in [0.4, 0.5) is 5.69 Å². The van der Waals surface area contributed by atoms with Crippen LogP contribution in [0.5, 0.6) is 5.75 Å². The second-order valence-corrected chi connectivity index (χ2v) is 8.02. The van der Waals surface area contributed by atoms with E-state index in [2.05, 4.69) is 10.6 Å². The van der Waals surface area contributed by atoms with Gasteiger partial charge in [-0.05, 0) is 24.1 Å². The van der Waals surface area contributed by atoms with Crippen LogP contribution in [-0.2, 0) is 27.5 Å². The number of benzene rings is 2. The number of nitrogens with zero attached hydrogens (tertiary/aromatic N) is 1. The van der Waals surface area contributed by atoms with Crippen LogP contribution < -0.4 is 15.4 Å². The molecule has 3 heterocycles. The van der Waals surface area contributed by atoms with Crippen molar-refractivity contribution in [2.75, 3.05) is 18.5 Å². The molecule has 3 aliphatic heterocycles. The normalized spacial score (nSPS) is 22.3. The maximum Gasteiger partial charge on any atom is 0.255 e. The van der Waals surface area contributed by atoms with Crippen molar-refractivity contribution in [3.05, 3.63) is 59.2 Å². The molecule has 0 bridgehead atoms. The van der Waals surface area contributed by atoms with E-state index in [1.807, 2.05) is 36.4 Å². The third kappa shape index (κ3) is 3.74. The van der Waals surface area contributed by atoms with Gasteiger partial charge in [-0.15, -0.1) is 0 Å². The number of fused-ring (bicyclic) bond motifs is 3. The minimum atomic E-state index is -0.635. The molecule has 0 saturated carbocycles. The van der Waals surface area contributed by atoms with E-state index in [0.717, 1.165) is 16.8 Å². The van der Waals surface area contributed by atoms with Gasteiger partial charge >= 0.3 is 0 Å². The molecule has 31 heavy (non-hydrogen) atoms. The molecular formula is C23H23N3O5. The number of piperidine rings is 1. The third-order valence-corrected chi connectivity index (χ3v) is 5.89. The summed E-state index contributed by atoms with van der Waals surface area (Å²) in [6, 6.07) is 13.0. The van der Waals surface area contributed by atoms with Crippen molar-refractivity contribution in [1.82, 2.24) is 10.2 Å². The molecule has 1 saturated heterocycles. The maximum atomic E-state index is 12.9. The number of hydrogen-bond donors (Lipinski definition) is 2. The standard InChI is InChI=1S/C23H23N3O5/c27-20-9-8-19(22(28)25-20)26-10-17-16(23(26)29)6-7-18-21(17)31-13-15(24-18)12-30-11-14-4-2-1-3-5-14/h1-7,15,19,24H,8-13H2,(H,25,27,28)/t15-,19?/m1/s1. The van der Waals surface area contributed by atoms with E-state index in [-0.39, 0.29) is 24.3 Å². The van der Waals surface area contributed by atoms with E-state index in [0.29, 0.717) is 44.1 Å². The number of ether oxygens (including phenoxy) is 2. The average molecular weight is 421 g/mol. The van der Waals surface area contributed by atoms with Crippen LogP contribution >= 0.6 is 0 Å². The van der Waals surface area contributed by atoms with Gasteiger partial charge in [-0.25, -0.2) is 0 Å². The van der Waals surface area contributed by atoms with Crippen LogP contribution in [0.3, 0.4) is 0 Å². The average Bonchev–Trinajstić information content (AvgIpc) is 3.11. The number of hydrogen-bond acceptors (Lipinski definition) is 6. The first-order chi connectivity index (χ1) is 15.1. The quantitative estimate of drug-likeness (QED) is 0.715. The van der Waals surface area contributed by atoms with Gasteiger partial charge in [0.2, 0.25) is 11.8 Å². The molecule has 2 aromatic carbocycles. The lowest BCUT2D eigenvalue weighted by Gasteiger charge is -2.30. The zero-order valence-electron chi connectivity index (χ0n) is 16.9. The zero-order chi connectivity index (χ0) is 21.4. The Balaban J connectivity index is 1.25.